The van der Waals surface area contributed by atoms with Crippen LogP contribution in [-0.2, 0) is 9.22 Å². The highest BCUT2D eigenvalue weighted by atomic mass is 32.2. The lowest BCUT2D eigenvalue weighted by atomic mass is 9.72. The predicted molar refractivity (Wildman–Crippen MR) is 86.5 cm³/mol. The number of nitrogens with one attached hydrogen (secondary N) is 2. The van der Waals surface area contributed by atoms with Crippen LogP contribution in [0.1, 0.15) is 64.2 Å². The van der Waals surface area contributed by atoms with Crippen molar-refractivity contribution in [3.63, 3.8) is 0 Å². The minimum absolute atomic E-state index is 0.552. The van der Waals surface area contributed by atoms with Gasteiger partial charge < -0.3 is 5.32 Å². The maximum atomic E-state index is 4.94. The summed E-state index contributed by atoms with van der Waals surface area (Å²) >= 11 is 1.25. The van der Waals surface area contributed by atoms with E-state index in [1.54, 1.807) is 7.11 Å². The molecule has 1 aliphatic heterocycles. The van der Waals surface area contributed by atoms with Gasteiger partial charge >= 0.3 is 0 Å². The lowest BCUT2D eigenvalue weighted by molar-refractivity contribution is -0.161. The molecule has 21 heavy (non-hydrogen) atoms. The lowest BCUT2D eigenvalue weighted by Crippen LogP contribution is -2.55. The third kappa shape index (κ3) is 4.14. The van der Waals surface area contributed by atoms with Gasteiger partial charge in [0.1, 0.15) is 12.2 Å². The molecule has 5 unspecified atom stereocenters. The molecule has 2 N–H and O–H groups in total. The van der Waals surface area contributed by atoms with Crippen molar-refractivity contribution in [2.45, 2.75) is 82.3 Å². The van der Waals surface area contributed by atoms with Crippen LogP contribution in [0.3, 0.4) is 0 Å². The summed E-state index contributed by atoms with van der Waals surface area (Å²) in [7, 11) is 1.55. The van der Waals surface area contributed by atoms with Crippen molar-refractivity contribution in [2.75, 3.05) is 7.11 Å². The van der Waals surface area contributed by atoms with E-state index >= 15 is 0 Å². The Labute approximate surface area is 133 Å². The molecule has 1 heterocycles. The topological polar surface area (TPSA) is 42.5 Å². The first-order valence-corrected chi connectivity index (χ1v) is 9.50. The fraction of sp³-hybridized carbons (Fsp3) is 1.00. The van der Waals surface area contributed by atoms with Crippen molar-refractivity contribution in [2.24, 2.45) is 11.8 Å². The monoisotopic (exact) mass is 314 g/mol. The zero-order chi connectivity index (χ0) is 14.5. The lowest BCUT2D eigenvalue weighted by Gasteiger charge is -2.46. The third-order valence-corrected chi connectivity index (χ3v) is 6.43. The Morgan fingerprint density at radius 1 is 0.905 bits per heavy atom. The number of hydrogen-bond donors (Lipinski definition) is 2. The summed E-state index contributed by atoms with van der Waals surface area (Å²) in [5.41, 5.74) is 0. The van der Waals surface area contributed by atoms with Crippen LogP contribution in [0.25, 0.3) is 0 Å². The summed E-state index contributed by atoms with van der Waals surface area (Å²) in [6.45, 7) is 0. The Balaban J connectivity index is 1.55. The second-order valence-corrected chi connectivity index (χ2v) is 7.53. The van der Waals surface area contributed by atoms with Crippen LogP contribution in [0, 0.1) is 11.8 Å². The predicted octanol–water partition coefficient (Wildman–Crippen LogP) is 3.59. The largest absolute Gasteiger partial charge is 0.311 e. The Hall–Kier alpha value is 0.190. The van der Waals surface area contributed by atoms with Crippen LogP contribution in [0.2, 0.25) is 0 Å². The molecule has 2 aliphatic carbocycles. The molecule has 5 atom stereocenters. The Bertz CT molecular complexity index is 319. The van der Waals surface area contributed by atoms with E-state index < -0.39 is 0 Å². The number of hydrogen-bond acceptors (Lipinski definition) is 5. The molecule has 2 saturated carbocycles. The SMILES string of the molecule is COOSNC1CCCCC1C1CCC2CCCCC2N1. The van der Waals surface area contributed by atoms with Gasteiger partial charge in [-0.25, -0.2) is 9.61 Å². The average Bonchev–Trinajstić information content (AvgIpc) is 2.55. The minimum Gasteiger partial charge on any atom is -0.311 e. The maximum Gasteiger partial charge on any atom is 0.118 e. The fourth-order valence-electron chi connectivity index (χ4n) is 4.77. The van der Waals surface area contributed by atoms with Crippen molar-refractivity contribution in [3.8, 4) is 0 Å². The highest BCUT2D eigenvalue weighted by molar-refractivity contribution is 7.92. The molecule has 0 bridgehead atoms. The van der Waals surface area contributed by atoms with E-state index in [1.807, 2.05) is 0 Å². The maximum absolute atomic E-state index is 4.94. The molecule has 5 heteroatoms. The van der Waals surface area contributed by atoms with Gasteiger partial charge in [0.25, 0.3) is 0 Å². The number of rotatable bonds is 5. The zero-order valence-electron chi connectivity index (χ0n) is 13.2. The van der Waals surface area contributed by atoms with E-state index in [9.17, 15) is 0 Å². The Morgan fingerprint density at radius 3 is 2.62 bits per heavy atom. The van der Waals surface area contributed by atoms with Gasteiger partial charge in [-0.05, 0) is 50.4 Å². The first kappa shape index (κ1) is 16.1. The molecule has 0 radical (unpaired) electrons. The minimum atomic E-state index is 0.552. The van der Waals surface area contributed by atoms with Crippen LogP contribution in [0.15, 0.2) is 0 Å². The second kappa shape index (κ2) is 8.16. The van der Waals surface area contributed by atoms with Gasteiger partial charge in [-0.1, -0.05) is 25.7 Å². The van der Waals surface area contributed by atoms with Crippen LogP contribution < -0.4 is 10.0 Å². The van der Waals surface area contributed by atoms with Gasteiger partial charge in [0.05, 0.1) is 7.11 Å². The molecule has 3 rings (SSSR count). The molecule has 4 nitrogen and oxygen atoms in total. The standard InChI is InChI=1S/C16H30N2O2S/c1-19-20-21-18-16-9-5-3-7-13(16)15-11-10-12-6-2-4-8-14(12)17-15/h12-18H,2-11H2,1H3. The van der Waals surface area contributed by atoms with E-state index in [0.29, 0.717) is 12.1 Å². The van der Waals surface area contributed by atoms with E-state index in [4.69, 9.17) is 4.33 Å². The first-order valence-electron chi connectivity index (χ1n) is 8.76. The molecule has 0 aromatic heterocycles. The highest BCUT2D eigenvalue weighted by Gasteiger charge is 2.38. The van der Waals surface area contributed by atoms with E-state index in [-0.39, 0.29) is 0 Å². The summed E-state index contributed by atoms with van der Waals surface area (Å²) < 4.78 is 8.41. The number of piperidine rings is 1. The normalized spacial score (nSPS) is 40.7. The smallest absolute Gasteiger partial charge is 0.118 e. The van der Waals surface area contributed by atoms with Gasteiger partial charge in [0.15, 0.2) is 0 Å². The Morgan fingerprint density at radius 2 is 1.71 bits per heavy atom. The van der Waals surface area contributed by atoms with Gasteiger partial charge in [-0.15, -0.1) is 4.33 Å². The van der Waals surface area contributed by atoms with Crippen molar-refractivity contribution in [3.05, 3.63) is 0 Å². The quantitative estimate of drug-likeness (QED) is 0.267. The number of fused-ring (bicyclic) bond motifs is 1. The van der Waals surface area contributed by atoms with E-state index in [0.717, 1.165) is 17.9 Å². The van der Waals surface area contributed by atoms with Crippen LogP contribution in [0.4, 0.5) is 0 Å². The molecule has 1 saturated heterocycles. The van der Waals surface area contributed by atoms with Gasteiger partial charge in [-0.2, -0.15) is 0 Å². The third-order valence-electron chi connectivity index (χ3n) is 5.82. The zero-order valence-corrected chi connectivity index (χ0v) is 14.0. The summed E-state index contributed by atoms with van der Waals surface area (Å²) in [5.74, 6) is 1.70. The van der Waals surface area contributed by atoms with Crippen molar-refractivity contribution in [1.29, 1.82) is 0 Å². The Kier molecular flexibility index (Phi) is 6.24. The molecule has 0 amide bonds. The summed E-state index contributed by atoms with van der Waals surface area (Å²) in [5, 5.41) is 4.02. The van der Waals surface area contributed by atoms with Crippen LogP contribution in [0.5, 0.6) is 0 Å². The van der Waals surface area contributed by atoms with Gasteiger partial charge in [0, 0.05) is 18.1 Å². The summed E-state index contributed by atoms with van der Waals surface area (Å²) in [6.07, 6.45) is 13.8. The molecule has 3 fully saturated rings. The fourth-order valence-corrected chi connectivity index (χ4v) is 5.29. The molecular formula is C16H30N2O2S. The van der Waals surface area contributed by atoms with Crippen LogP contribution in [-0.4, -0.2) is 25.2 Å². The summed E-state index contributed by atoms with van der Waals surface area (Å²) in [4.78, 5) is 4.67. The molecular weight excluding hydrogens is 284 g/mol. The van der Waals surface area contributed by atoms with E-state index in [2.05, 4.69) is 14.9 Å². The van der Waals surface area contributed by atoms with Crippen molar-refractivity contribution < 1.29 is 9.22 Å². The van der Waals surface area contributed by atoms with Gasteiger partial charge in [0.2, 0.25) is 0 Å². The summed E-state index contributed by atoms with van der Waals surface area (Å²) in [6, 6.07) is 2.05. The van der Waals surface area contributed by atoms with Crippen molar-refractivity contribution >= 4 is 12.2 Å². The van der Waals surface area contributed by atoms with Crippen LogP contribution >= 0.6 is 12.2 Å². The molecule has 3 aliphatic rings. The van der Waals surface area contributed by atoms with E-state index in [1.165, 1.54) is 76.4 Å². The highest BCUT2D eigenvalue weighted by Crippen LogP contribution is 2.37. The average molecular weight is 314 g/mol. The first-order chi connectivity index (χ1) is 10.4. The molecule has 122 valence electrons. The molecule has 0 spiro atoms. The van der Waals surface area contributed by atoms with Gasteiger partial charge in [-0.3, -0.25) is 0 Å². The second-order valence-electron chi connectivity index (χ2n) is 6.99. The van der Waals surface area contributed by atoms with Crippen molar-refractivity contribution in [1.82, 2.24) is 10.0 Å². The molecule has 0 aromatic rings. The molecule has 0 aromatic carbocycles.